The highest BCUT2D eigenvalue weighted by molar-refractivity contribution is 7.11. The normalized spacial score (nSPS) is 13.0. The van der Waals surface area contributed by atoms with Crippen LogP contribution < -0.4 is 0 Å². The summed E-state index contributed by atoms with van der Waals surface area (Å²) in [5, 5.41) is 10.5. The highest BCUT2D eigenvalue weighted by atomic mass is 32.1. The Morgan fingerprint density at radius 2 is 2.14 bits per heavy atom. The van der Waals surface area contributed by atoms with Gasteiger partial charge in [-0.15, -0.1) is 11.3 Å². The van der Waals surface area contributed by atoms with Gasteiger partial charge < -0.3 is 5.11 Å². The highest BCUT2D eigenvalue weighted by Gasteiger charge is 1.97. The predicted octanol–water partition coefficient (Wildman–Crippen LogP) is 3.18. The molecule has 0 saturated carbocycles. The molecule has 0 aliphatic carbocycles. The zero-order valence-corrected chi connectivity index (χ0v) is 8.97. The van der Waals surface area contributed by atoms with Gasteiger partial charge in [-0.25, -0.2) is 4.79 Å². The van der Waals surface area contributed by atoms with Gasteiger partial charge in [0, 0.05) is 11.0 Å². The molecule has 0 radical (unpaired) electrons. The van der Waals surface area contributed by atoms with Gasteiger partial charge in [0.15, 0.2) is 0 Å². The Morgan fingerprint density at radius 1 is 1.43 bits per heavy atom. The summed E-state index contributed by atoms with van der Waals surface area (Å²) in [4.78, 5) is 11.5. The lowest BCUT2D eigenvalue weighted by Gasteiger charge is -1.96. The summed E-state index contributed by atoms with van der Waals surface area (Å²) in [7, 11) is 0. The molecule has 0 aliphatic heterocycles. The number of hydrogen-bond donors (Lipinski definition) is 1. The molecular formula is C11H12O2S. The molecule has 0 fully saturated rings. The predicted molar refractivity (Wildman–Crippen MR) is 59.4 cm³/mol. The standard InChI is InChI=1S/C11H12O2S/c1-8(7-11(12)13)6-9(2)10-4-3-5-14-10/h3-7H,1-2H3,(H,12,13)/b8-7-,9-6+. The quantitative estimate of drug-likeness (QED) is 0.612. The number of rotatable bonds is 3. The van der Waals surface area contributed by atoms with Crippen LogP contribution >= 0.6 is 11.3 Å². The molecule has 0 amide bonds. The second-order valence-corrected chi connectivity index (χ2v) is 3.98. The molecule has 0 saturated heterocycles. The molecule has 0 spiro atoms. The molecule has 74 valence electrons. The average molecular weight is 208 g/mol. The van der Waals surface area contributed by atoms with Crippen LogP contribution in [-0.4, -0.2) is 11.1 Å². The Kier molecular flexibility index (Phi) is 3.65. The molecule has 0 atom stereocenters. The van der Waals surface area contributed by atoms with Crippen LogP contribution in [0.3, 0.4) is 0 Å². The van der Waals surface area contributed by atoms with E-state index in [0.29, 0.717) is 0 Å². The van der Waals surface area contributed by atoms with E-state index < -0.39 is 5.97 Å². The van der Waals surface area contributed by atoms with Crippen LogP contribution in [0.15, 0.2) is 35.2 Å². The first-order chi connectivity index (χ1) is 6.59. The van der Waals surface area contributed by atoms with Gasteiger partial charge in [0.05, 0.1) is 0 Å². The smallest absolute Gasteiger partial charge is 0.328 e. The van der Waals surface area contributed by atoms with Gasteiger partial charge in [-0.2, -0.15) is 0 Å². The van der Waals surface area contributed by atoms with Gasteiger partial charge in [0.2, 0.25) is 0 Å². The highest BCUT2D eigenvalue weighted by Crippen LogP contribution is 2.20. The second kappa shape index (κ2) is 4.77. The Labute approximate surface area is 87.2 Å². The third-order valence-corrected chi connectivity index (χ3v) is 2.71. The van der Waals surface area contributed by atoms with Crippen LogP contribution in [0.1, 0.15) is 18.7 Å². The number of aliphatic carboxylic acids is 1. The maximum absolute atomic E-state index is 10.4. The van der Waals surface area contributed by atoms with Crippen molar-refractivity contribution in [2.45, 2.75) is 13.8 Å². The molecule has 3 heteroatoms. The summed E-state index contributed by atoms with van der Waals surface area (Å²) in [6, 6.07) is 4.00. The number of hydrogen-bond acceptors (Lipinski definition) is 2. The maximum atomic E-state index is 10.4. The van der Waals surface area contributed by atoms with E-state index in [4.69, 9.17) is 5.11 Å². The van der Waals surface area contributed by atoms with E-state index in [-0.39, 0.29) is 0 Å². The molecular weight excluding hydrogens is 196 g/mol. The molecule has 0 bridgehead atoms. The van der Waals surface area contributed by atoms with Crippen molar-refractivity contribution >= 4 is 22.9 Å². The largest absolute Gasteiger partial charge is 0.478 e. The lowest BCUT2D eigenvalue weighted by Crippen LogP contribution is -1.88. The number of carbonyl (C=O) groups is 1. The van der Waals surface area contributed by atoms with Gasteiger partial charge in [-0.05, 0) is 36.4 Å². The van der Waals surface area contributed by atoms with E-state index in [9.17, 15) is 4.79 Å². The molecule has 1 heterocycles. The van der Waals surface area contributed by atoms with Crippen molar-refractivity contribution in [3.63, 3.8) is 0 Å². The van der Waals surface area contributed by atoms with Crippen molar-refractivity contribution in [2.24, 2.45) is 0 Å². The summed E-state index contributed by atoms with van der Waals surface area (Å²) >= 11 is 1.65. The number of carboxylic acids is 1. The fourth-order valence-corrected chi connectivity index (χ4v) is 1.86. The molecule has 1 aromatic rings. The minimum atomic E-state index is -0.905. The van der Waals surface area contributed by atoms with E-state index in [1.165, 1.54) is 11.0 Å². The van der Waals surface area contributed by atoms with Gasteiger partial charge in [-0.3, -0.25) is 0 Å². The van der Waals surface area contributed by atoms with Crippen LogP contribution in [0.5, 0.6) is 0 Å². The molecule has 0 aliphatic rings. The van der Waals surface area contributed by atoms with Crippen molar-refractivity contribution in [3.8, 4) is 0 Å². The Morgan fingerprint density at radius 3 is 2.64 bits per heavy atom. The first-order valence-electron chi connectivity index (χ1n) is 4.23. The first-order valence-corrected chi connectivity index (χ1v) is 5.11. The zero-order valence-electron chi connectivity index (χ0n) is 8.15. The molecule has 1 rings (SSSR count). The topological polar surface area (TPSA) is 37.3 Å². The van der Waals surface area contributed by atoms with Gasteiger partial charge in [0.1, 0.15) is 0 Å². The van der Waals surface area contributed by atoms with Gasteiger partial charge >= 0.3 is 5.97 Å². The molecule has 1 aromatic heterocycles. The molecule has 14 heavy (non-hydrogen) atoms. The maximum Gasteiger partial charge on any atom is 0.328 e. The van der Waals surface area contributed by atoms with Crippen molar-refractivity contribution in [2.75, 3.05) is 0 Å². The van der Waals surface area contributed by atoms with Gasteiger partial charge in [0.25, 0.3) is 0 Å². The zero-order chi connectivity index (χ0) is 10.6. The number of carboxylic acid groups (broad SMARTS) is 1. The summed E-state index contributed by atoms with van der Waals surface area (Å²) in [5.41, 5.74) is 1.85. The SMILES string of the molecule is CC(=C/C(=O)O)/C=C(\C)c1cccs1. The number of allylic oxidation sites excluding steroid dienone is 3. The van der Waals surface area contributed by atoms with Crippen molar-refractivity contribution in [3.05, 3.63) is 40.1 Å². The fraction of sp³-hybridized carbons (Fsp3) is 0.182. The molecule has 0 unspecified atom stereocenters. The Bertz CT molecular complexity index is 372. The van der Waals surface area contributed by atoms with E-state index in [1.54, 1.807) is 18.3 Å². The Hall–Kier alpha value is -1.35. The summed E-state index contributed by atoms with van der Waals surface area (Å²) in [6.45, 7) is 3.76. The third kappa shape index (κ3) is 3.18. The molecule has 2 nitrogen and oxygen atoms in total. The lowest BCUT2D eigenvalue weighted by atomic mass is 10.1. The summed E-state index contributed by atoms with van der Waals surface area (Å²) < 4.78 is 0. The van der Waals surface area contributed by atoms with Gasteiger partial charge in [-0.1, -0.05) is 12.1 Å². The van der Waals surface area contributed by atoms with E-state index in [2.05, 4.69) is 0 Å². The minimum absolute atomic E-state index is 0.753. The third-order valence-electron chi connectivity index (χ3n) is 1.71. The van der Waals surface area contributed by atoms with E-state index >= 15 is 0 Å². The Balaban J connectivity index is 2.84. The van der Waals surface area contributed by atoms with Crippen LogP contribution in [0.25, 0.3) is 5.57 Å². The molecule has 1 N–H and O–H groups in total. The van der Waals surface area contributed by atoms with E-state index in [1.807, 2.05) is 30.5 Å². The summed E-state index contributed by atoms with van der Waals surface area (Å²) in [6.07, 6.45) is 3.08. The van der Waals surface area contributed by atoms with Crippen molar-refractivity contribution in [1.29, 1.82) is 0 Å². The molecule has 0 aromatic carbocycles. The summed E-state index contributed by atoms with van der Waals surface area (Å²) in [5.74, 6) is -0.905. The van der Waals surface area contributed by atoms with E-state index in [0.717, 1.165) is 11.1 Å². The van der Waals surface area contributed by atoms with Crippen molar-refractivity contribution < 1.29 is 9.90 Å². The lowest BCUT2D eigenvalue weighted by molar-refractivity contribution is -0.131. The first kappa shape index (κ1) is 10.7. The van der Waals surface area contributed by atoms with Crippen LogP contribution in [0.4, 0.5) is 0 Å². The second-order valence-electron chi connectivity index (χ2n) is 3.03. The van der Waals surface area contributed by atoms with Crippen molar-refractivity contribution in [1.82, 2.24) is 0 Å². The monoisotopic (exact) mass is 208 g/mol. The number of thiophene rings is 1. The van der Waals surface area contributed by atoms with Crippen LogP contribution in [0.2, 0.25) is 0 Å². The van der Waals surface area contributed by atoms with Crippen LogP contribution in [-0.2, 0) is 4.79 Å². The van der Waals surface area contributed by atoms with Crippen LogP contribution in [0, 0.1) is 0 Å². The fourth-order valence-electron chi connectivity index (χ4n) is 1.15. The minimum Gasteiger partial charge on any atom is -0.478 e. The average Bonchev–Trinajstić information content (AvgIpc) is 2.53.